The molecule has 2 aliphatic carbocycles. The first-order chi connectivity index (χ1) is 20.4. The Balaban J connectivity index is 1.61. The standard InChI is InChI=1S/C39H40N2/c1-6-16-29(17-7-1)34-28-35(30-18-8-2-9-19-30)37(32-22-12-4-13-23-32)38(36(34)31-20-10-3-11-21-31)41-27-26-40-39(41)33-24-14-5-15-25-33/h1-2,5-9,14-19,24-28,31-32H,3-4,10-13,20-23H2. The fraction of sp³-hybridized carbons (Fsp3) is 0.308. The summed E-state index contributed by atoms with van der Waals surface area (Å²) in [5.74, 6) is 2.14. The van der Waals surface area contributed by atoms with Crippen molar-refractivity contribution >= 4 is 0 Å². The first kappa shape index (κ1) is 26.0. The Morgan fingerprint density at radius 1 is 0.512 bits per heavy atom. The van der Waals surface area contributed by atoms with E-state index in [1.165, 1.54) is 97.7 Å². The summed E-state index contributed by atoms with van der Waals surface area (Å²) >= 11 is 0. The van der Waals surface area contributed by atoms with Crippen LogP contribution in [0.25, 0.3) is 39.3 Å². The van der Waals surface area contributed by atoms with Gasteiger partial charge in [-0.05, 0) is 77.0 Å². The monoisotopic (exact) mass is 536 g/mol. The normalized spacial score (nSPS) is 16.6. The molecule has 1 aromatic heterocycles. The van der Waals surface area contributed by atoms with Crippen molar-refractivity contribution in [2.24, 2.45) is 0 Å². The zero-order chi connectivity index (χ0) is 27.4. The van der Waals surface area contributed by atoms with Crippen LogP contribution in [0.3, 0.4) is 0 Å². The number of rotatable bonds is 6. The van der Waals surface area contributed by atoms with Crippen LogP contribution in [0.15, 0.2) is 109 Å². The molecular weight excluding hydrogens is 496 g/mol. The molecule has 0 atom stereocenters. The molecule has 2 fully saturated rings. The van der Waals surface area contributed by atoms with Crippen LogP contribution in [0.5, 0.6) is 0 Å². The van der Waals surface area contributed by atoms with Gasteiger partial charge >= 0.3 is 0 Å². The van der Waals surface area contributed by atoms with Crippen LogP contribution in [-0.2, 0) is 0 Å². The van der Waals surface area contributed by atoms with E-state index in [1.54, 1.807) is 11.1 Å². The summed E-state index contributed by atoms with van der Waals surface area (Å²) in [6.07, 6.45) is 17.2. The van der Waals surface area contributed by atoms with Crippen LogP contribution in [0.1, 0.15) is 87.2 Å². The molecule has 2 saturated carbocycles. The third kappa shape index (κ3) is 5.17. The molecule has 0 spiro atoms. The molecule has 0 unspecified atom stereocenters. The number of aromatic nitrogens is 2. The summed E-state index contributed by atoms with van der Waals surface area (Å²) in [5.41, 5.74) is 11.1. The third-order valence-corrected chi connectivity index (χ3v) is 9.49. The Labute approximate surface area is 245 Å². The van der Waals surface area contributed by atoms with Gasteiger partial charge < -0.3 is 0 Å². The van der Waals surface area contributed by atoms with Gasteiger partial charge in [-0.3, -0.25) is 4.57 Å². The minimum atomic E-state index is 0.548. The van der Waals surface area contributed by atoms with Gasteiger partial charge in [-0.15, -0.1) is 0 Å². The highest BCUT2D eigenvalue weighted by Gasteiger charge is 2.32. The van der Waals surface area contributed by atoms with Gasteiger partial charge in [0.05, 0.1) is 5.69 Å². The van der Waals surface area contributed by atoms with Crippen molar-refractivity contribution < 1.29 is 0 Å². The van der Waals surface area contributed by atoms with Crippen LogP contribution >= 0.6 is 0 Å². The van der Waals surface area contributed by atoms with Crippen LogP contribution < -0.4 is 0 Å². The molecule has 0 N–H and O–H groups in total. The smallest absolute Gasteiger partial charge is 0.144 e. The Morgan fingerprint density at radius 3 is 1.41 bits per heavy atom. The highest BCUT2D eigenvalue weighted by molar-refractivity contribution is 5.85. The number of benzene rings is 4. The van der Waals surface area contributed by atoms with E-state index in [0.717, 1.165) is 5.82 Å². The van der Waals surface area contributed by atoms with Gasteiger partial charge in [0, 0.05) is 18.0 Å². The van der Waals surface area contributed by atoms with E-state index in [4.69, 9.17) is 4.98 Å². The zero-order valence-electron chi connectivity index (χ0n) is 24.0. The predicted octanol–water partition coefficient (Wildman–Crippen LogP) is 11.0. The maximum absolute atomic E-state index is 5.00. The highest BCUT2D eigenvalue weighted by atomic mass is 15.1. The molecule has 0 saturated heterocycles. The van der Waals surface area contributed by atoms with Crippen molar-refractivity contribution in [1.29, 1.82) is 0 Å². The largest absolute Gasteiger partial charge is 0.299 e. The molecule has 4 aromatic carbocycles. The molecular formula is C39H40N2. The lowest BCUT2D eigenvalue weighted by Gasteiger charge is -2.34. The Bertz CT molecular complexity index is 1490. The summed E-state index contributed by atoms with van der Waals surface area (Å²) < 4.78 is 2.47. The summed E-state index contributed by atoms with van der Waals surface area (Å²) in [5, 5.41) is 0. The van der Waals surface area contributed by atoms with Crippen LogP contribution in [-0.4, -0.2) is 9.55 Å². The average molecular weight is 537 g/mol. The average Bonchev–Trinajstić information content (AvgIpc) is 3.56. The number of hydrogen-bond acceptors (Lipinski definition) is 1. The lowest BCUT2D eigenvalue weighted by atomic mass is 9.73. The van der Waals surface area contributed by atoms with Gasteiger partial charge in [0.1, 0.15) is 5.82 Å². The molecule has 2 nitrogen and oxygen atoms in total. The van der Waals surface area contributed by atoms with Crippen LogP contribution in [0, 0.1) is 0 Å². The number of hydrogen-bond donors (Lipinski definition) is 0. The molecule has 0 aliphatic heterocycles. The molecule has 0 radical (unpaired) electrons. The van der Waals surface area contributed by atoms with E-state index >= 15 is 0 Å². The number of nitrogens with zero attached hydrogens (tertiary/aromatic N) is 2. The van der Waals surface area contributed by atoms with Crippen LogP contribution in [0.4, 0.5) is 0 Å². The second kappa shape index (κ2) is 11.9. The quantitative estimate of drug-likeness (QED) is 0.211. The van der Waals surface area contributed by atoms with E-state index in [9.17, 15) is 0 Å². The summed E-state index contributed by atoms with van der Waals surface area (Å²) in [6.45, 7) is 0. The second-order valence-electron chi connectivity index (χ2n) is 12.0. The van der Waals surface area contributed by atoms with Gasteiger partial charge in [-0.1, -0.05) is 130 Å². The first-order valence-electron chi connectivity index (χ1n) is 15.8. The van der Waals surface area contributed by atoms with Crippen molar-refractivity contribution in [2.75, 3.05) is 0 Å². The molecule has 2 aliphatic rings. The van der Waals surface area contributed by atoms with E-state index in [1.807, 2.05) is 6.20 Å². The topological polar surface area (TPSA) is 17.8 Å². The Kier molecular flexibility index (Phi) is 7.56. The molecule has 206 valence electrons. The van der Waals surface area contributed by atoms with Crippen molar-refractivity contribution in [3.05, 3.63) is 121 Å². The minimum Gasteiger partial charge on any atom is -0.299 e. The maximum atomic E-state index is 5.00. The van der Waals surface area contributed by atoms with Gasteiger partial charge in [0.25, 0.3) is 0 Å². The van der Waals surface area contributed by atoms with Crippen molar-refractivity contribution in [2.45, 2.75) is 76.0 Å². The maximum Gasteiger partial charge on any atom is 0.144 e. The van der Waals surface area contributed by atoms with Gasteiger partial charge in [0.15, 0.2) is 0 Å². The molecule has 41 heavy (non-hydrogen) atoms. The van der Waals surface area contributed by atoms with Crippen molar-refractivity contribution in [1.82, 2.24) is 9.55 Å². The van der Waals surface area contributed by atoms with Crippen LogP contribution in [0.2, 0.25) is 0 Å². The Morgan fingerprint density at radius 2 is 0.951 bits per heavy atom. The molecule has 0 bridgehead atoms. The molecule has 2 heteroatoms. The van der Waals surface area contributed by atoms with Crippen molar-refractivity contribution in [3.8, 4) is 39.3 Å². The molecule has 0 amide bonds. The van der Waals surface area contributed by atoms with E-state index < -0.39 is 0 Å². The van der Waals surface area contributed by atoms with E-state index in [0.29, 0.717) is 11.8 Å². The zero-order valence-corrected chi connectivity index (χ0v) is 24.0. The molecule has 1 heterocycles. The second-order valence-corrected chi connectivity index (χ2v) is 12.0. The van der Waals surface area contributed by atoms with Gasteiger partial charge in [-0.25, -0.2) is 4.98 Å². The number of imidazole rings is 1. The Hall–Kier alpha value is -3.91. The lowest BCUT2D eigenvalue weighted by Crippen LogP contribution is -2.17. The van der Waals surface area contributed by atoms with Crippen molar-refractivity contribution in [3.63, 3.8) is 0 Å². The molecule has 7 rings (SSSR count). The third-order valence-electron chi connectivity index (χ3n) is 9.49. The summed E-state index contributed by atoms with van der Waals surface area (Å²) in [7, 11) is 0. The van der Waals surface area contributed by atoms with Gasteiger partial charge in [-0.2, -0.15) is 0 Å². The van der Waals surface area contributed by atoms with E-state index in [2.05, 4.69) is 108 Å². The fourth-order valence-electron chi connectivity index (χ4n) is 7.57. The van der Waals surface area contributed by atoms with E-state index in [-0.39, 0.29) is 0 Å². The summed E-state index contributed by atoms with van der Waals surface area (Å²) in [6, 6.07) is 35.7. The summed E-state index contributed by atoms with van der Waals surface area (Å²) in [4.78, 5) is 5.00. The highest BCUT2D eigenvalue weighted by Crippen LogP contribution is 2.50. The van der Waals surface area contributed by atoms with Gasteiger partial charge in [0.2, 0.25) is 0 Å². The first-order valence-corrected chi connectivity index (χ1v) is 15.8. The lowest BCUT2D eigenvalue weighted by molar-refractivity contribution is 0.435. The SMILES string of the molecule is c1ccc(-c2cc(-c3ccccc3)c(C3CCCCC3)c(-n3ccnc3-c3ccccc3)c2C2CCCCC2)cc1. The molecule has 5 aromatic rings. The predicted molar refractivity (Wildman–Crippen MR) is 172 cm³/mol. The fourth-order valence-corrected chi connectivity index (χ4v) is 7.57. The minimum absolute atomic E-state index is 0.548.